The summed E-state index contributed by atoms with van der Waals surface area (Å²) < 4.78 is 1.69. The number of carbonyl (C=O) groups is 1. The lowest BCUT2D eigenvalue weighted by atomic mass is 10.2. The van der Waals surface area contributed by atoms with E-state index in [1.807, 2.05) is 13.8 Å². The Morgan fingerprint density at radius 2 is 2.25 bits per heavy atom. The second-order valence-corrected chi connectivity index (χ2v) is 4.41. The minimum absolute atomic E-state index is 0.0396. The smallest absolute Gasteiger partial charge is 0.270 e. The number of nitrogens with zero attached hydrogens (tertiary/aromatic N) is 2. The van der Waals surface area contributed by atoms with Crippen LogP contribution in [0.1, 0.15) is 24.3 Å². The van der Waals surface area contributed by atoms with E-state index in [0.29, 0.717) is 17.3 Å². The van der Waals surface area contributed by atoms with Crippen molar-refractivity contribution in [2.24, 2.45) is 7.05 Å². The molecule has 90 valence electrons. The van der Waals surface area contributed by atoms with Crippen LogP contribution >= 0.6 is 11.6 Å². The number of aliphatic hydroxyl groups is 1. The van der Waals surface area contributed by atoms with E-state index in [1.54, 1.807) is 28.8 Å². The standard InChI is InChI=1S/C11H17ClN2O2/c1-8(2)14(4-5-15)11(16)10-6-9(12)7-13(10)3/h6-8,15H,4-5H2,1-3H3. The molecule has 0 fully saturated rings. The van der Waals surface area contributed by atoms with Crippen LogP contribution < -0.4 is 0 Å². The number of hydrogen-bond donors (Lipinski definition) is 1. The van der Waals surface area contributed by atoms with Crippen LogP contribution in [-0.4, -0.2) is 39.7 Å². The van der Waals surface area contributed by atoms with E-state index in [1.165, 1.54) is 0 Å². The maximum atomic E-state index is 12.1. The zero-order chi connectivity index (χ0) is 12.3. The number of aliphatic hydroxyl groups excluding tert-OH is 1. The number of aromatic nitrogens is 1. The number of rotatable bonds is 4. The van der Waals surface area contributed by atoms with Crippen molar-refractivity contribution in [3.63, 3.8) is 0 Å². The van der Waals surface area contributed by atoms with Gasteiger partial charge < -0.3 is 14.6 Å². The molecule has 1 N–H and O–H groups in total. The summed E-state index contributed by atoms with van der Waals surface area (Å²) in [5.41, 5.74) is 0.534. The molecule has 1 aromatic rings. The topological polar surface area (TPSA) is 45.5 Å². The highest BCUT2D eigenvalue weighted by molar-refractivity contribution is 6.31. The Morgan fingerprint density at radius 1 is 1.62 bits per heavy atom. The Bertz CT molecular complexity index is 374. The number of hydrogen-bond acceptors (Lipinski definition) is 2. The largest absolute Gasteiger partial charge is 0.395 e. The van der Waals surface area contributed by atoms with Crippen LogP contribution in [0.4, 0.5) is 0 Å². The van der Waals surface area contributed by atoms with E-state index in [-0.39, 0.29) is 18.6 Å². The molecule has 0 unspecified atom stereocenters. The van der Waals surface area contributed by atoms with Gasteiger partial charge in [-0.15, -0.1) is 0 Å². The van der Waals surface area contributed by atoms with Crippen molar-refractivity contribution in [1.29, 1.82) is 0 Å². The molecular weight excluding hydrogens is 228 g/mol. The maximum Gasteiger partial charge on any atom is 0.270 e. The van der Waals surface area contributed by atoms with Gasteiger partial charge in [-0.1, -0.05) is 11.6 Å². The molecule has 0 aliphatic rings. The van der Waals surface area contributed by atoms with Gasteiger partial charge in [-0.3, -0.25) is 4.79 Å². The van der Waals surface area contributed by atoms with Gasteiger partial charge in [0, 0.05) is 25.8 Å². The van der Waals surface area contributed by atoms with Crippen molar-refractivity contribution in [3.8, 4) is 0 Å². The van der Waals surface area contributed by atoms with Crippen molar-refractivity contribution >= 4 is 17.5 Å². The third kappa shape index (κ3) is 2.77. The molecule has 1 aromatic heterocycles. The number of aryl methyl sites for hydroxylation is 1. The first kappa shape index (κ1) is 13.1. The predicted molar refractivity (Wildman–Crippen MR) is 63.7 cm³/mol. The number of amides is 1. The zero-order valence-corrected chi connectivity index (χ0v) is 10.5. The summed E-state index contributed by atoms with van der Waals surface area (Å²) in [6.07, 6.45) is 1.69. The highest BCUT2D eigenvalue weighted by atomic mass is 35.5. The van der Waals surface area contributed by atoms with Crippen molar-refractivity contribution in [1.82, 2.24) is 9.47 Å². The van der Waals surface area contributed by atoms with Gasteiger partial charge >= 0.3 is 0 Å². The Hall–Kier alpha value is -1.00. The lowest BCUT2D eigenvalue weighted by Gasteiger charge is -2.25. The summed E-state index contributed by atoms with van der Waals surface area (Å²) in [4.78, 5) is 13.8. The Morgan fingerprint density at radius 3 is 2.62 bits per heavy atom. The molecule has 1 heterocycles. The average molecular weight is 245 g/mol. The molecule has 1 rings (SSSR count). The van der Waals surface area contributed by atoms with Crippen LogP contribution in [-0.2, 0) is 7.05 Å². The first-order valence-electron chi connectivity index (χ1n) is 5.21. The second-order valence-electron chi connectivity index (χ2n) is 3.97. The number of carbonyl (C=O) groups excluding carboxylic acids is 1. The van der Waals surface area contributed by atoms with Gasteiger partial charge in [-0.25, -0.2) is 0 Å². The summed E-state index contributed by atoms with van der Waals surface area (Å²) in [6, 6.07) is 1.68. The molecular formula is C11H17ClN2O2. The van der Waals surface area contributed by atoms with E-state index in [2.05, 4.69) is 0 Å². The van der Waals surface area contributed by atoms with E-state index >= 15 is 0 Å². The first-order chi connectivity index (χ1) is 7.47. The molecule has 0 aliphatic carbocycles. The molecule has 0 spiro atoms. The second kappa shape index (κ2) is 5.37. The van der Waals surface area contributed by atoms with Crippen LogP contribution in [0.5, 0.6) is 0 Å². The molecule has 16 heavy (non-hydrogen) atoms. The minimum Gasteiger partial charge on any atom is -0.395 e. The van der Waals surface area contributed by atoms with Gasteiger partial charge in [-0.2, -0.15) is 0 Å². The summed E-state index contributed by atoms with van der Waals surface area (Å²) in [6.45, 7) is 4.12. The van der Waals surface area contributed by atoms with Crippen LogP contribution in [0, 0.1) is 0 Å². The monoisotopic (exact) mass is 244 g/mol. The fourth-order valence-electron chi connectivity index (χ4n) is 1.59. The Balaban J connectivity index is 2.94. The van der Waals surface area contributed by atoms with Gasteiger partial charge in [0.1, 0.15) is 5.69 Å². The summed E-state index contributed by atoms with van der Waals surface area (Å²) in [5, 5.41) is 9.47. The van der Waals surface area contributed by atoms with Gasteiger partial charge in [0.05, 0.1) is 11.6 Å². The SMILES string of the molecule is CC(C)N(CCO)C(=O)c1cc(Cl)cn1C. The average Bonchev–Trinajstić information content (AvgIpc) is 2.53. The highest BCUT2D eigenvalue weighted by Crippen LogP contribution is 2.15. The summed E-state index contributed by atoms with van der Waals surface area (Å²) in [5.74, 6) is -0.113. The molecule has 0 atom stereocenters. The lowest BCUT2D eigenvalue weighted by molar-refractivity contribution is 0.0655. The first-order valence-corrected chi connectivity index (χ1v) is 5.59. The van der Waals surface area contributed by atoms with Crippen molar-refractivity contribution < 1.29 is 9.90 Å². The van der Waals surface area contributed by atoms with Crippen LogP contribution in [0.15, 0.2) is 12.3 Å². The van der Waals surface area contributed by atoms with Crippen molar-refractivity contribution in [2.75, 3.05) is 13.2 Å². The lowest BCUT2D eigenvalue weighted by Crippen LogP contribution is -2.39. The molecule has 0 saturated heterocycles. The zero-order valence-electron chi connectivity index (χ0n) is 9.77. The molecule has 4 nitrogen and oxygen atoms in total. The van der Waals surface area contributed by atoms with Gasteiger partial charge in [0.2, 0.25) is 0 Å². The fraction of sp³-hybridized carbons (Fsp3) is 0.545. The third-order valence-electron chi connectivity index (χ3n) is 2.42. The van der Waals surface area contributed by atoms with E-state index in [4.69, 9.17) is 16.7 Å². The third-order valence-corrected chi connectivity index (χ3v) is 2.62. The molecule has 5 heteroatoms. The molecule has 0 bridgehead atoms. The van der Waals surface area contributed by atoms with Gasteiger partial charge in [-0.05, 0) is 19.9 Å². The van der Waals surface area contributed by atoms with Gasteiger partial charge in [0.15, 0.2) is 0 Å². The van der Waals surface area contributed by atoms with Crippen LogP contribution in [0.2, 0.25) is 5.02 Å². The quantitative estimate of drug-likeness (QED) is 0.873. The highest BCUT2D eigenvalue weighted by Gasteiger charge is 2.20. The summed E-state index contributed by atoms with van der Waals surface area (Å²) >= 11 is 5.83. The van der Waals surface area contributed by atoms with E-state index in [9.17, 15) is 4.79 Å². The van der Waals surface area contributed by atoms with E-state index < -0.39 is 0 Å². The normalized spacial score (nSPS) is 10.9. The van der Waals surface area contributed by atoms with Crippen LogP contribution in [0.25, 0.3) is 0 Å². The molecule has 0 saturated carbocycles. The predicted octanol–water partition coefficient (Wildman–Crippen LogP) is 1.52. The van der Waals surface area contributed by atoms with E-state index in [0.717, 1.165) is 0 Å². The molecule has 0 aromatic carbocycles. The Kier molecular flexibility index (Phi) is 4.38. The van der Waals surface area contributed by atoms with Gasteiger partial charge in [0.25, 0.3) is 5.91 Å². The van der Waals surface area contributed by atoms with Crippen LogP contribution in [0.3, 0.4) is 0 Å². The number of halogens is 1. The Labute approximate surface area is 100 Å². The molecule has 0 radical (unpaired) electrons. The minimum atomic E-state index is -0.113. The maximum absolute atomic E-state index is 12.1. The van der Waals surface area contributed by atoms with Crippen molar-refractivity contribution in [3.05, 3.63) is 23.0 Å². The fourth-order valence-corrected chi connectivity index (χ4v) is 1.84. The molecule has 0 aliphatic heterocycles. The summed E-state index contributed by atoms with van der Waals surface area (Å²) in [7, 11) is 1.77. The van der Waals surface area contributed by atoms with Crippen molar-refractivity contribution in [2.45, 2.75) is 19.9 Å². The molecule has 1 amide bonds.